The van der Waals surface area contributed by atoms with Crippen molar-refractivity contribution in [2.24, 2.45) is 0 Å². The van der Waals surface area contributed by atoms with Gasteiger partial charge in [0.15, 0.2) is 0 Å². The van der Waals surface area contributed by atoms with Crippen molar-refractivity contribution in [3.05, 3.63) is 131 Å². The summed E-state index contributed by atoms with van der Waals surface area (Å²) in [7, 11) is -8.36. The van der Waals surface area contributed by atoms with Crippen molar-refractivity contribution in [1.29, 1.82) is 0 Å². The van der Waals surface area contributed by atoms with Crippen LogP contribution >= 0.6 is 0 Å². The number of hydrogen-bond donors (Lipinski definition) is 4. The van der Waals surface area contributed by atoms with E-state index in [0.29, 0.717) is 0 Å². The molecule has 4 aromatic carbocycles. The maximum atomic E-state index is 13.4. The van der Waals surface area contributed by atoms with Gasteiger partial charge >= 0.3 is 0 Å². The van der Waals surface area contributed by atoms with E-state index < -0.39 is 44.3 Å². The average Bonchev–Trinajstić information content (AvgIpc) is 3.04. The summed E-state index contributed by atoms with van der Waals surface area (Å²) in [6.07, 6.45) is -3.64. The minimum absolute atomic E-state index is 0.0457. The molecule has 0 spiro atoms. The van der Waals surface area contributed by atoms with Gasteiger partial charge in [0.25, 0.3) is 0 Å². The van der Waals surface area contributed by atoms with Gasteiger partial charge in [0, 0.05) is 0 Å². The molecule has 0 aromatic heterocycles. The Bertz CT molecular complexity index is 1590. The monoisotopic (exact) mass is 668 g/mol. The lowest BCUT2D eigenvalue weighted by molar-refractivity contribution is -0.0517. The summed E-state index contributed by atoms with van der Waals surface area (Å²) in [6, 6.07) is 27.9. The van der Waals surface area contributed by atoms with Crippen LogP contribution in [0.25, 0.3) is 0 Å². The second-order valence-electron chi connectivity index (χ2n) is 11.1. The Kier molecular flexibility index (Phi) is 12.6. The van der Waals surface area contributed by atoms with Crippen LogP contribution in [0.4, 0.5) is 0 Å². The first-order chi connectivity index (χ1) is 21.9. The fourth-order valence-electron chi connectivity index (χ4n) is 4.61. The summed E-state index contributed by atoms with van der Waals surface area (Å²) in [5.41, 5.74) is 3.35. The van der Waals surface area contributed by atoms with Gasteiger partial charge in [0.1, 0.15) is 12.2 Å². The molecular weight excluding hydrogens is 629 g/mol. The van der Waals surface area contributed by atoms with Gasteiger partial charge in [-0.15, -0.1) is 0 Å². The van der Waals surface area contributed by atoms with Gasteiger partial charge in [-0.1, -0.05) is 96.1 Å². The lowest BCUT2D eigenvalue weighted by Gasteiger charge is -2.32. The molecular formula is C34H40N2O8S2. The number of nitrogens with one attached hydrogen (secondary N) is 2. The van der Waals surface area contributed by atoms with Gasteiger partial charge in [-0.2, -0.15) is 0 Å². The highest BCUT2D eigenvalue weighted by Crippen LogP contribution is 2.17. The molecule has 4 aromatic rings. The fraction of sp³-hybridized carbons (Fsp3) is 0.294. The molecule has 0 saturated heterocycles. The van der Waals surface area contributed by atoms with Crippen LogP contribution in [0.15, 0.2) is 119 Å². The number of rotatable bonds is 17. The van der Waals surface area contributed by atoms with E-state index in [2.05, 4.69) is 9.44 Å². The van der Waals surface area contributed by atoms with E-state index in [0.717, 1.165) is 22.3 Å². The molecule has 0 bridgehead atoms. The van der Waals surface area contributed by atoms with E-state index in [4.69, 9.17) is 9.47 Å². The van der Waals surface area contributed by atoms with E-state index in [1.165, 1.54) is 24.3 Å². The van der Waals surface area contributed by atoms with Crippen molar-refractivity contribution < 1.29 is 36.5 Å². The van der Waals surface area contributed by atoms with Gasteiger partial charge in [0.2, 0.25) is 20.0 Å². The van der Waals surface area contributed by atoms with Crippen molar-refractivity contribution >= 4 is 20.0 Å². The predicted octanol–water partition coefficient (Wildman–Crippen LogP) is 3.45. The maximum Gasteiger partial charge on any atom is 0.240 e. The highest BCUT2D eigenvalue weighted by molar-refractivity contribution is 7.89. The SMILES string of the molecule is Cc1ccc(S(=O)(=O)N[C@H](COCc2ccccc2)[C@@H](O)[C@H](O)[C@@H](COCc2ccccc2)NS(=O)(=O)c2ccc(C)cc2)cc1. The molecule has 0 saturated carbocycles. The van der Waals surface area contributed by atoms with Crippen LogP contribution in [0.2, 0.25) is 0 Å². The lowest BCUT2D eigenvalue weighted by Crippen LogP contribution is -2.58. The molecule has 0 aliphatic rings. The fourth-order valence-corrected chi connectivity index (χ4v) is 7.08. The van der Waals surface area contributed by atoms with Crippen LogP contribution in [-0.2, 0) is 42.7 Å². The van der Waals surface area contributed by atoms with Crippen LogP contribution in [0, 0.1) is 13.8 Å². The van der Waals surface area contributed by atoms with Gasteiger partial charge in [-0.05, 0) is 49.2 Å². The first kappa shape index (κ1) is 35.4. The minimum atomic E-state index is -4.18. The van der Waals surface area contributed by atoms with Crippen LogP contribution in [-0.4, -0.2) is 64.6 Å². The zero-order chi connectivity index (χ0) is 33.2. The number of aliphatic hydroxyl groups excluding tert-OH is 2. The molecule has 0 amide bonds. The number of ether oxygens (including phenoxy) is 2. The Hall–Kier alpha value is -3.46. The van der Waals surface area contributed by atoms with Crippen molar-refractivity contribution in [3.8, 4) is 0 Å². The highest BCUT2D eigenvalue weighted by atomic mass is 32.2. The molecule has 12 heteroatoms. The van der Waals surface area contributed by atoms with Gasteiger partial charge in [0.05, 0.1) is 48.3 Å². The highest BCUT2D eigenvalue weighted by Gasteiger charge is 2.37. The van der Waals surface area contributed by atoms with E-state index in [1.807, 2.05) is 74.5 Å². The normalized spacial score (nSPS) is 14.8. The van der Waals surface area contributed by atoms with E-state index in [9.17, 15) is 27.0 Å². The molecule has 4 rings (SSSR count). The summed E-state index contributed by atoms with van der Waals surface area (Å²) in [5.74, 6) is 0. The molecule has 246 valence electrons. The van der Waals surface area contributed by atoms with Crippen LogP contribution in [0.5, 0.6) is 0 Å². The van der Waals surface area contributed by atoms with Crippen molar-refractivity contribution in [2.45, 2.75) is 61.1 Å². The largest absolute Gasteiger partial charge is 0.389 e. The number of benzene rings is 4. The average molecular weight is 669 g/mol. The number of sulfonamides is 2. The van der Waals surface area contributed by atoms with Crippen LogP contribution in [0.3, 0.4) is 0 Å². The first-order valence-corrected chi connectivity index (χ1v) is 17.7. The Labute approximate surface area is 271 Å². The molecule has 0 unspecified atom stereocenters. The van der Waals surface area contributed by atoms with Crippen molar-refractivity contribution in [1.82, 2.24) is 9.44 Å². The van der Waals surface area contributed by atoms with Gasteiger partial charge in [-0.3, -0.25) is 0 Å². The molecule has 4 N–H and O–H groups in total. The van der Waals surface area contributed by atoms with E-state index in [-0.39, 0.29) is 36.2 Å². The second kappa shape index (κ2) is 16.4. The quantitative estimate of drug-likeness (QED) is 0.134. The minimum Gasteiger partial charge on any atom is -0.389 e. The third-order valence-corrected chi connectivity index (χ3v) is 10.3. The second-order valence-corrected chi connectivity index (χ2v) is 14.5. The lowest BCUT2D eigenvalue weighted by atomic mass is 10.0. The topological polar surface area (TPSA) is 151 Å². The van der Waals surface area contributed by atoms with Crippen molar-refractivity contribution in [2.75, 3.05) is 13.2 Å². The number of aliphatic hydroxyl groups is 2. The molecule has 4 atom stereocenters. The Morgan fingerprint density at radius 2 is 0.870 bits per heavy atom. The zero-order valence-corrected chi connectivity index (χ0v) is 27.3. The summed E-state index contributed by atoms with van der Waals surface area (Å²) < 4.78 is 69.9. The molecule has 46 heavy (non-hydrogen) atoms. The summed E-state index contributed by atoms with van der Waals surface area (Å²) >= 11 is 0. The first-order valence-electron chi connectivity index (χ1n) is 14.7. The summed E-state index contributed by atoms with van der Waals surface area (Å²) in [4.78, 5) is -0.0914. The molecule has 0 radical (unpaired) electrons. The Balaban J connectivity index is 1.58. The number of hydrogen-bond acceptors (Lipinski definition) is 8. The molecule has 0 fully saturated rings. The van der Waals surface area contributed by atoms with Gasteiger partial charge < -0.3 is 19.7 Å². The van der Waals surface area contributed by atoms with Crippen LogP contribution in [0.1, 0.15) is 22.3 Å². The van der Waals surface area contributed by atoms with E-state index >= 15 is 0 Å². The molecule has 10 nitrogen and oxygen atoms in total. The van der Waals surface area contributed by atoms with Gasteiger partial charge in [-0.25, -0.2) is 26.3 Å². The maximum absolute atomic E-state index is 13.4. The smallest absolute Gasteiger partial charge is 0.240 e. The zero-order valence-electron chi connectivity index (χ0n) is 25.7. The van der Waals surface area contributed by atoms with E-state index in [1.54, 1.807) is 24.3 Å². The Morgan fingerprint density at radius 3 is 1.20 bits per heavy atom. The third-order valence-electron chi connectivity index (χ3n) is 7.27. The summed E-state index contributed by atoms with van der Waals surface area (Å²) in [5, 5.41) is 22.9. The van der Waals surface area contributed by atoms with Crippen molar-refractivity contribution in [3.63, 3.8) is 0 Å². The Morgan fingerprint density at radius 1 is 0.543 bits per heavy atom. The number of aryl methyl sites for hydroxylation is 2. The third kappa shape index (κ3) is 10.3. The van der Waals surface area contributed by atoms with Crippen LogP contribution < -0.4 is 9.44 Å². The molecule has 0 aliphatic heterocycles. The standard InChI is InChI=1S/C34H40N2O8S2/c1-25-13-17-29(18-14-25)45(39,40)35-31(23-43-21-27-9-5-3-6-10-27)33(37)34(38)32(24-44-22-28-11-7-4-8-12-28)36-46(41,42)30-19-15-26(2)16-20-30/h3-20,31-38H,21-24H2,1-2H3/t31-,32-,33-,34-/m1/s1. The molecule has 0 heterocycles. The predicted molar refractivity (Wildman–Crippen MR) is 175 cm³/mol. The molecule has 0 aliphatic carbocycles. The summed E-state index contributed by atoms with van der Waals surface area (Å²) in [6.45, 7) is 3.19.